The summed E-state index contributed by atoms with van der Waals surface area (Å²) in [5, 5.41) is 8.73. The Morgan fingerprint density at radius 2 is 1.95 bits per heavy atom. The van der Waals surface area contributed by atoms with Crippen LogP contribution >= 0.6 is 11.8 Å². The lowest BCUT2D eigenvalue weighted by molar-refractivity contribution is -0.138. The number of carbonyl (C=O) groups is 2. The second-order valence-electron chi connectivity index (χ2n) is 6.27. The normalized spacial score (nSPS) is 19.1. The summed E-state index contributed by atoms with van der Waals surface area (Å²) in [7, 11) is 0. The largest absolute Gasteiger partial charge is 0.481 e. The first-order valence-electron chi connectivity index (χ1n) is 7.02. The molecule has 1 aliphatic heterocycles. The van der Waals surface area contributed by atoms with E-state index in [2.05, 4.69) is 32.9 Å². The van der Waals surface area contributed by atoms with Gasteiger partial charge in [-0.15, -0.1) is 11.8 Å². The lowest BCUT2D eigenvalue weighted by Crippen LogP contribution is -2.30. The van der Waals surface area contributed by atoms with Crippen LogP contribution in [-0.4, -0.2) is 34.2 Å². The number of hydrogen-bond acceptors (Lipinski definition) is 3. The van der Waals surface area contributed by atoms with Crippen molar-refractivity contribution in [2.75, 3.05) is 12.3 Å². The van der Waals surface area contributed by atoms with Crippen molar-refractivity contribution in [3.63, 3.8) is 0 Å². The maximum Gasteiger partial charge on any atom is 0.305 e. The molecule has 2 rings (SSSR count). The molecule has 1 heterocycles. The second kappa shape index (κ2) is 6.10. The van der Waals surface area contributed by atoms with Gasteiger partial charge in [0.2, 0.25) is 5.91 Å². The third-order valence-corrected chi connectivity index (χ3v) is 4.85. The Morgan fingerprint density at radius 1 is 1.33 bits per heavy atom. The number of benzene rings is 1. The quantitative estimate of drug-likeness (QED) is 0.929. The molecule has 1 aromatic carbocycles. The van der Waals surface area contributed by atoms with Crippen LogP contribution in [-0.2, 0) is 15.0 Å². The van der Waals surface area contributed by atoms with Gasteiger partial charge in [-0.3, -0.25) is 9.59 Å². The van der Waals surface area contributed by atoms with Crippen LogP contribution in [0, 0.1) is 0 Å². The third kappa shape index (κ3) is 3.79. The SMILES string of the molecule is CC(C)(C)c1ccc([C@@H]2SCC(=O)N2CCC(=O)O)cc1. The molecule has 0 saturated carbocycles. The number of amides is 1. The highest BCUT2D eigenvalue weighted by Gasteiger charge is 2.32. The average molecular weight is 307 g/mol. The number of nitrogens with zero attached hydrogens (tertiary/aromatic N) is 1. The number of carboxylic acids is 1. The van der Waals surface area contributed by atoms with Gasteiger partial charge in [0.1, 0.15) is 5.37 Å². The maximum absolute atomic E-state index is 11.9. The molecule has 0 unspecified atom stereocenters. The summed E-state index contributed by atoms with van der Waals surface area (Å²) >= 11 is 1.56. The summed E-state index contributed by atoms with van der Waals surface area (Å²) in [5.41, 5.74) is 2.40. The van der Waals surface area contributed by atoms with Crippen LogP contribution in [0.25, 0.3) is 0 Å². The van der Waals surface area contributed by atoms with Crippen molar-refractivity contribution < 1.29 is 14.7 Å². The summed E-state index contributed by atoms with van der Waals surface area (Å²) in [4.78, 5) is 24.3. The third-order valence-electron chi connectivity index (χ3n) is 3.60. The van der Waals surface area contributed by atoms with Crippen LogP contribution < -0.4 is 0 Å². The highest BCUT2D eigenvalue weighted by molar-refractivity contribution is 8.00. The smallest absolute Gasteiger partial charge is 0.305 e. The maximum atomic E-state index is 11.9. The van der Waals surface area contributed by atoms with Gasteiger partial charge in [0.05, 0.1) is 12.2 Å². The molecule has 1 N–H and O–H groups in total. The van der Waals surface area contributed by atoms with Gasteiger partial charge in [0.15, 0.2) is 0 Å². The summed E-state index contributed by atoms with van der Waals surface area (Å²) in [6, 6.07) is 8.28. The Labute approximate surface area is 129 Å². The van der Waals surface area contributed by atoms with E-state index in [4.69, 9.17) is 5.11 Å². The number of thioether (sulfide) groups is 1. The number of carboxylic acid groups (broad SMARTS) is 1. The Hall–Kier alpha value is -1.49. The highest BCUT2D eigenvalue weighted by atomic mass is 32.2. The van der Waals surface area contributed by atoms with Crippen molar-refractivity contribution in [3.05, 3.63) is 35.4 Å². The molecule has 1 fully saturated rings. The van der Waals surface area contributed by atoms with Crippen LogP contribution in [0.3, 0.4) is 0 Å². The van der Waals surface area contributed by atoms with E-state index in [9.17, 15) is 9.59 Å². The van der Waals surface area contributed by atoms with Crippen molar-refractivity contribution >= 4 is 23.6 Å². The fraction of sp³-hybridized carbons (Fsp3) is 0.500. The van der Waals surface area contributed by atoms with Gasteiger partial charge < -0.3 is 10.0 Å². The molecule has 0 spiro atoms. The summed E-state index contributed by atoms with van der Waals surface area (Å²) in [6.45, 7) is 6.76. The standard InChI is InChI=1S/C16H21NO3S/c1-16(2,3)12-6-4-11(5-7-12)15-17(9-8-14(19)20)13(18)10-21-15/h4-7,15H,8-10H2,1-3H3,(H,19,20)/t15-/m0/s1. The molecule has 0 bridgehead atoms. The van der Waals surface area contributed by atoms with Gasteiger partial charge in [0, 0.05) is 6.54 Å². The van der Waals surface area contributed by atoms with Gasteiger partial charge in [-0.25, -0.2) is 0 Å². The van der Waals surface area contributed by atoms with Gasteiger partial charge >= 0.3 is 5.97 Å². The van der Waals surface area contributed by atoms with Crippen LogP contribution in [0.15, 0.2) is 24.3 Å². The highest BCUT2D eigenvalue weighted by Crippen LogP contribution is 2.39. The van der Waals surface area contributed by atoms with Gasteiger partial charge in [-0.05, 0) is 16.5 Å². The second-order valence-corrected chi connectivity index (χ2v) is 7.33. The van der Waals surface area contributed by atoms with Crippen molar-refractivity contribution in [1.29, 1.82) is 0 Å². The monoisotopic (exact) mass is 307 g/mol. The minimum atomic E-state index is -0.874. The van der Waals surface area contributed by atoms with E-state index >= 15 is 0 Å². The Morgan fingerprint density at radius 3 is 2.48 bits per heavy atom. The zero-order chi connectivity index (χ0) is 15.6. The van der Waals surface area contributed by atoms with Crippen LogP contribution in [0.4, 0.5) is 0 Å². The molecule has 1 saturated heterocycles. The lowest BCUT2D eigenvalue weighted by Gasteiger charge is -2.25. The molecule has 1 atom stereocenters. The molecule has 21 heavy (non-hydrogen) atoms. The fourth-order valence-electron chi connectivity index (χ4n) is 2.34. The van der Waals surface area contributed by atoms with Crippen molar-refractivity contribution in [2.45, 2.75) is 38.0 Å². The van der Waals surface area contributed by atoms with E-state index in [-0.39, 0.29) is 29.7 Å². The minimum Gasteiger partial charge on any atom is -0.481 e. The molecular formula is C16H21NO3S. The first kappa shape index (κ1) is 15.9. The zero-order valence-corrected chi connectivity index (χ0v) is 13.4. The van der Waals surface area contributed by atoms with E-state index in [0.717, 1.165) is 5.56 Å². The summed E-state index contributed by atoms with van der Waals surface area (Å²) in [6.07, 6.45) is -0.0110. The Balaban J connectivity index is 2.16. The molecule has 4 nitrogen and oxygen atoms in total. The number of aliphatic carboxylic acids is 1. The van der Waals surface area contributed by atoms with Crippen LogP contribution in [0.2, 0.25) is 0 Å². The number of rotatable bonds is 4. The van der Waals surface area contributed by atoms with E-state index in [1.807, 2.05) is 12.1 Å². The summed E-state index contributed by atoms with van der Waals surface area (Å²) < 4.78 is 0. The van der Waals surface area contributed by atoms with Gasteiger partial charge in [-0.2, -0.15) is 0 Å². The van der Waals surface area contributed by atoms with E-state index in [1.54, 1.807) is 16.7 Å². The molecule has 0 aliphatic carbocycles. The van der Waals surface area contributed by atoms with Crippen LogP contribution in [0.1, 0.15) is 43.7 Å². The van der Waals surface area contributed by atoms with E-state index in [1.165, 1.54) is 5.56 Å². The van der Waals surface area contributed by atoms with Crippen molar-refractivity contribution in [2.24, 2.45) is 0 Å². The predicted molar refractivity (Wildman–Crippen MR) is 84.3 cm³/mol. The van der Waals surface area contributed by atoms with Crippen LogP contribution in [0.5, 0.6) is 0 Å². The Kier molecular flexibility index (Phi) is 4.61. The average Bonchev–Trinajstić information content (AvgIpc) is 2.77. The Bertz CT molecular complexity index is 533. The molecule has 114 valence electrons. The minimum absolute atomic E-state index is 0.0110. The first-order chi connectivity index (χ1) is 9.79. The first-order valence-corrected chi connectivity index (χ1v) is 8.07. The molecule has 1 aliphatic rings. The molecule has 1 amide bonds. The predicted octanol–water partition coefficient (Wildman–Crippen LogP) is 3.03. The molecular weight excluding hydrogens is 286 g/mol. The van der Waals surface area contributed by atoms with Crippen molar-refractivity contribution in [3.8, 4) is 0 Å². The molecule has 0 aromatic heterocycles. The summed E-state index contributed by atoms with van der Waals surface area (Å²) in [5.74, 6) is -0.432. The lowest BCUT2D eigenvalue weighted by atomic mass is 9.86. The van der Waals surface area contributed by atoms with Crippen molar-refractivity contribution in [1.82, 2.24) is 4.90 Å². The molecule has 1 aromatic rings. The molecule has 5 heteroatoms. The van der Waals surface area contributed by atoms with E-state index in [0.29, 0.717) is 5.75 Å². The number of hydrogen-bond donors (Lipinski definition) is 1. The number of carbonyl (C=O) groups excluding carboxylic acids is 1. The van der Waals surface area contributed by atoms with Gasteiger partial charge in [0.25, 0.3) is 0 Å². The topological polar surface area (TPSA) is 57.6 Å². The fourth-order valence-corrected chi connectivity index (χ4v) is 3.55. The zero-order valence-electron chi connectivity index (χ0n) is 12.6. The van der Waals surface area contributed by atoms with E-state index < -0.39 is 5.97 Å². The molecule has 0 radical (unpaired) electrons. The van der Waals surface area contributed by atoms with Gasteiger partial charge in [-0.1, -0.05) is 45.0 Å².